The number of hydrogen-bond acceptors (Lipinski definition) is 6. The Labute approximate surface area is 125 Å². The summed E-state index contributed by atoms with van der Waals surface area (Å²) in [6.07, 6.45) is 0. The molecule has 8 heteroatoms. The van der Waals surface area contributed by atoms with Gasteiger partial charge in [0.2, 0.25) is 0 Å². The van der Waals surface area contributed by atoms with Crippen molar-refractivity contribution < 1.29 is 14.5 Å². The summed E-state index contributed by atoms with van der Waals surface area (Å²) in [6.45, 7) is 1.48. The maximum Gasteiger partial charge on any atom is 0.330 e. The lowest BCUT2D eigenvalue weighted by Crippen LogP contribution is -2.30. The summed E-state index contributed by atoms with van der Waals surface area (Å²) in [6, 6.07) is 7.66. The Balaban J connectivity index is 2.50. The van der Waals surface area contributed by atoms with Crippen LogP contribution in [0.15, 0.2) is 41.2 Å². The maximum absolute atomic E-state index is 11.8. The second kappa shape index (κ2) is 6.17. The van der Waals surface area contributed by atoms with Gasteiger partial charge in [-0.2, -0.15) is 5.10 Å². The van der Waals surface area contributed by atoms with Crippen molar-refractivity contribution in [1.29, 1.82) is 0 Å². The van der Waals surface area contributed by atoms with E-state index in [2.05, 4.69) is 9.84 Å². The van der Waals surface area contributed by atoms with Crippen LogP contribution in [0.2, 0.25) is 0 Å². The van der Waals surface area contributed by atoms with Crippen molar-refractivity contribution in [3.8, 4) is 11.3 Å². The number of carbonyl (C=O) groups is 1. The molecule has 0 unspecified atom stereocenters. The molecule has 1 aromatic heterocycles. The molecule has 0 radical (unpaired) electrons. The number of nitro benzene ring substituents is 1. The maximum atomic E-state index is 11.8. The molecule has 1 atom stereocenters. The summed E-state index contributed by atoms with van der Waals surface area (Å²) in [4.78, 5) is 33.7. The van der Waals surface area contributed by atoms with Crippen LogP contribution in [0.3, 0.4) is 0 Å². The van der Waals surface area contributed by atoms with E-state index in [0.717, 1.165) is 4.68 Å². The highest BCUT2D eigenvalue weighted by Crippen LogP contribution is 2.21. The van der Waals surface area contributed by atoms with E-state index in [1.807, 2.05) is 0 Å². The van der Waals surface area contributed by atoms with Crippen molar-refractivity contribution >= 4 is 11.7 Å². The third-order valence-electron chi connectivity index (χ3n) is 3.09. The van der Waals surface area contributed by atoms with Gasteiger partial charge in [0.15, 0.2) is 6.04 Å². The van der Waals surface area contributed by atoms with Gasteiger partial charge in [-0.3, -0.25) is 14.9 Å². The molecule has 0 spiro atoms. The van der Waals surface area contributed by atoms with Crippen molar-refractivity contribution in [2.45, 2.75) is 13.0 Å². The van der Waals surface area contributed by atoms with E-state index < -0.39 is 22.5 Å². The lowest BCUT2D eigenvalue weighted by molar-refractivity contribution is -0.384. The monoisotopic (exact) mass is 303 g/mol. The van der Waals surface area contributed by atoms with Crippen LogP contribution in [0.25, 0.3) is 11.3 Å². The average molecular weight is 303 g/mol. The highest BCUT2D eigenvalue weighted by atomic mass is 16.6. The van der Waals surface area contributed by atoms with Gasteiger partial charge < -0.3 is 4.74 Å². The minimum Gasteiger partial charge on any atom is -0.467 e. The summed E-state index contributed by atoms with van der Waals surface area (Å²) in [5.74, 6) is -0.606. The second-order valence-corrected chi connectivity index (χ2v) is 4.51. The summed E-state index contributed by atoms with van der Waals surface area (Å²) >= 11 is 0. The molecule has 0 amide bonds. The highest BCUT2D eigenvalue weighted by molar-refractivity contribution is 5.73. The van der Waals surface area contributed by atoms with Gasteiger partial charge in [-0.25, -0.2) is 9.48 Å². The molecule has 1 heterocycles. The number of esters is 1. The molecule has 0 aliphatic rings. The third-order valence-corrected chi connectivity index (χ3v) is 3.09. The van der Waals surface area contributed by atoms with E-state index in [9.17, 15) is 19.7 Å². The van der Waals surface area contributed by atoms with Crippen LogP contribution in [0.4, 0.5) is 5.69 Å². The summed E-state index contributed by atoms with van der Waals surface area (Å²) in [7, 11) is 1.22. The molecule has 1 aromatic carbocycles. The second-order valence-electron chi connectivity index (χ2n) is 4.51. The van der Waals surface area contributed by atoms with Crippen molar-refractivity contribution in [2.24, 2.45) is 0 Å². The molecule has 8 nitrogen and oxygen atoms in total. The van der Waals surface area contributed by atoms with Gasteiger partial charge in [-0.15, -0.1) is 0 Å². The Bertz CT molecular complexity index is 784. The van der Waals surface area contributed by atoms with Crippen molar-refractivity contribution in [3.63, 3.8) is 0 Å². The van der Waals surface area contributed by atoms with E-state index in [0.29, 0.717) is 11.3 Å². The fraction of sp³-hybridized carbons (Fsp3) is 0.214. The zero-order valence-electron chi connectivity index (χ0n) is 11.9. The van der Waals surface area contributed by atoms with Crippen LogP contribution in [-0.4, -0.2) is 27.8 Å². The van der Waals surface area contributed by atoms with Gasteiger partial charge >= 0.3 is 5.97 Å². The molecule has 22 heavy (non-hydrogen) atoms. The topological polar surface area (TPSA) is 104 Å². The molecule has 0 bridgehead atoms. The highest BCUT2D eigenvalue weighted by Gasteiger charge is 2.18. The van der Waals surface area contributed by atoms with Crippen molar-refractivity contribution in [1.82, 2.24) is 9.78 Å². The van der Waals surface area contributed by atoms with Gasteiger partial charge in [-0.1, -0.05) is 12.1 Å². The first-order valence-corrected chi connectivity index (χ1v) is 6.36. The van der Waals surface area contributed by atoms with Gasteiger partial charge in [0.1, 0.15) is 0 Å². The van der Waals surface area contributed by atoms with E-state index in [1.54, 1.807) is 6.07 Å². The molecule has 0 fully saturated rings. The number of hydrogen-bond donors (Lipinski definition) is 0. The van der Waals surface area contributed by atoms with E-state index in [4.69, 9.17) is 0 Å². The molecule has 0 aliphatic carbocycles. The quantitative estimate of drug-likeness (QED) is 0.482. The Morgan fingerprint density at radius 1 is 1.36 bits per heavy atom. The lowest BCUT2D eigenvalue weighted by Gasteiger charge is -2.12. The van der Waals surface area contributed by atoms with Crippen molar-refractivity contribution in [3.05, 3.63) is 56.9 Å². The lowest BCUT2D eigenvalue weighted by atomic mass is 10.1. The molecule has 0 aliphatic heterocycles. The molecular weight excluding hydrogens is 290 g/mol. The van der Waals surface area contributed by atoms with Gasteiger partial charge in [0, 0.05) is 23.8 Å². The SMILES string of the molecule is COC(=O)[C@@H](C)n1nc(-c2cccc([N+](=O)[O-])c2)ccc1=O. The van der Waals surface area contributed by atoms with E-state index in [1.165, 1.54) is 44.4 Å². The number of ether oxygens (including phenoxy) is 1. The first-order valence-electron chi connectivity index (χ1n) is 6.36. The summed E-state index contributed by atoms with van der Waals surface area (Å²) < 4.78 is 5.58. The van der Waals surface area contributed by atoms with Crippen molar-refractivity contribution in [2.75, 3.05) is 7.11 Å². The van der Waals surface area contributed by atoms with Gasteiger partial charge in [0.05, 0.1) is 17.7 Å². The molecule has 0 saturated heterocycles. The number of non-ortho nitro benzene ring substituents is 1. The summed E-state index contributed by atoms with van der Waals surface area (Å²) in [5, 5.41) is 14.9. The minimum absolute atomic E-state index is 0.0851. The zero-order valence-corrected chi connectivity index (χ0v) is 11.9. The van der Waals surface area contributed by atoms with Crippen LogP contribution in [0, 0.1) is 10.1 Å². The van der Waals surface area contributed by atoms with Gasteiger partial charge in [0.25, 0.3) is 11.2 Å². The predicted octanol–water partition coefficient (Wildman–Crippen LogP) is 1.55. The molecule has 2 rings (SSSR count). The smallest absolute Gasteiger partial charge is 0.330 e. The number of nitrogens with zero attached hydrogens (tertiary/aromatic N) is 3. The molecule has 0 N–H and O–H groups in total. The van der Waals surface area contributed by atoms with Crippen LogP contribution in [-0.2, 0) is 9.53 Å². The Hall–Kier alpha value is -3.03. The molecule has 2 aromatic rings. The summed E-state index contributed by atoms with van der Waals surface area (Å²) in [5.41, 5.74) is 0.268. The molecule has 114 valence electrons. The van der Waals surface area contributed by atoms with Crippen LogP contribution < -0.4 is 5.56 Å². The first-order chi connectivity index (χ1) is 10.4. The fourth-order valence-electron chi connectivity index (χ4n) is 1.91. The number of rotatable bonds is 4. The zero-order chi connectivity index (χ0) is 16.3. The number of methoxy groups -OCH3 is 1. The molecular formula is C14H13N3O5. The third kappa shape index (κ3) is 3.00. The molecule has 0 saturated carbocycles. The number of nitro groups is 1. The Morgan fingerprint density at radius 2 is 2.09 bits per heavy atom. The van der Waals surface area contributed by atoms with Gasteiger partial charge in [-0.05, 0) is 13.0 Å². The Morgan fingerprint density at radius 3 is 2.73 bits per heavy atom. The standard InChI is InChI=1S/C14H13N3O5/c1-9(14(19)22-2)16-13(18)7-6-12(15-16)10-4-3-5-11(8-10)17(20)21/h3-9H,1-2H3/t9-/m1/s1. The van der Waals surface area contributed by atoms with Crippen LogP contribution >= 0.6 is 0 Å². The predicted molar refractivity (Wildman–Crippen MR) is 77.3 cm³/mol. The minimum atomic E-state index is -0.892. The fourth-order valence-corrected chi connectivity index (χ4v) is 1.91. The Kier molecular flexibility index (Phi) is 4.31. The van der Waals surface area contributed by atoms with E-state index in [-0.39, 0.29) is 5.69 Å². The number of carbonyl (C=O) groups excluding carboxylic acids is 1. The normalized spacial score (nSPS) is 11.7. The number of benzene rings is 1. The largest absolute Gasteiger partial charge is 0.467 e. The van der Waals surface area contributed by atoms with Crippen LogP contribution in [0.1, 0.15) is 13.0 Å². The first kappa shape index (κ1) is 15.4. The van der Waals surface area contributed by atoms with Crippen LogP contribution in [0.5, 0.6) is 0 Å². The average Bonchev–Trinajstić information content (AvgIpc) is 2.54. The van der Waals surface area contributed by atoms with E-state index >= 15 is 0 Å². The number of aromatic nitrogens is 2.